The summed E-state index contributed by atoms with van der Waals surface area (Å²) in [5.41, 5.74) is -0.380. The number of pyridine rings is 1. The molecule has 2 rings (SSSR count). The van der Waals surface area contributed by atoms with Crippen molar-refractivity contribution in [1.82, 2.24) is 4.98 Å². The van der Waals surface area contributed by atoms with Crippen LogP contribution in [-0.4, -0.2) is 35.3 Å². The van der Waals surface area contributed by atoms with Crippen LogP contribution in [0.5, 0.6) is 0 Å². The van der Waals surface area contributed by atoms with Gasteiger partial charge in [0.15, 0.2) is 11.6 Å². The molecule has 104 valence electrons. The molecule has 19 heavy (non-hydrogen) atoms. The Labute approximate surface area is 110 Å². The summed E-state index contributed by atoms with van der Waals surface area (Å²) < 4.78 is 19.3. The first-order valence-corrected chi connectivity index (χ1v) is 6.41. The number of nitrogens with zero attached hydrogens (tertiary/aromatic N) is 1. The second-order valence-electron chi connectivity index (χ2n) is 4.53. The standard InChI is InChI=1S/C13H17FN2O3/c14-11-10(13(17)18)5-6-15-12(11)16-7-8-19-9-3-1-2-4-9/h5-6,9H,1-4,7-8H2,(H,15,16)(H,17,18). The van der Waals surface area contributed by atoms with Gasteiger partial charge in [0.2, 0.25) is 0 Å². The number of carbonyl (C=O) groups is 1. The molecule has 0 aliphatic heterocycles. The zero-order valence-electron chi connectivity index (χ0n) is 10.6. The maximum atomic E-state index is 13.7. The van der Waals surface area contributed by atoms with E-state index < -0.39 is 11.8 Å². The van der Waals surface area contributed by atoms with E-state index in [1.54, 1.807) is 0 Å². The number of rotatable bonds is 6. The maximum absolute atomic E-state index is 13.7. The molecule has 0 bridgehead atoms. The van der Waals surface area contributed by atoms with Crippen molar-refractivity contribution in [3.8, 4) is 0 Å². The predicted molar refractivity (Wildman–Crippen MR) is 67.9 cm³/mol. The summed E-state index contributed by atoms with van der Waals surface area (Å²) in [4.78, 5) is 14.5. The minimum atomic E-state index is -1.30. The van der Waals surface area contributed by atoms with E-state index in [2.05, 4.69) is 10.3 Å². The van der Waals surface area contributed by atoms with Crippen LogP contribution in [0.25, 0.3) is 0 Å². The third-order valence-electron chi connectivity index (χ3n) is 3.17. The van der Waals surface area contributed by atoms with Gasteiger partial charge in [-0.1, -0.05) is 12.8 Å². The molecule has 0 aromatic carbocycles. The summed E-state index contributed by atoms with van der Waals surface area (Å²) in [7, 11) is 0. The van der Waals surface area contributed by atoms with E-state index in [4.69, 9.17) is 9.84 Å². The highest BCUT2D eigenvalue weighted by atomic mass is 19.1. The molecule has 1 saturated carbocycles. The molecule has 1 aliphatic carbocycles. The number of halogens is 1. The third-order valence-corrected chi connectivity index (χ3v) is 3.17. The van der Waals surface area contributed by atoms with Gasteiger partial charge in [-0.2, -0.15) is 0 Å². The summed E-state index contributed by atoms with van der Waals surface area (Å²) in [6.07, 6.45) is 6.16. The molecule has 0 amide bonds. The van der Waals surface area contributed by atoms with Crippen molar-refractivity contribution in [1.29, 1.82) is 0 Å². The average Bonchev–Trinajstić information content (AvgIpc) is 2.89. The number of aromatic carboxylic acids is 1. The molecule has 0 saturated heterocycles. The molecule has 5 nitrogen and oxygen atoms in total. The monoisotopic (exact) mass is 268 g/mol. The van der Waals surface area contributed by atoms with Crippen LogP contribution in [0.3, 0.4) is 0 Å². The molecule has 0 atom stereocenters. The summed E-state index contributed by atoms with van der Waals surface area (Å²) in [5, 5.41) is 11.5. The lowest BCUT2D eigenvalue weighted by atomic mass is 10.2. The van der Waals surface area contributed by atoms with Crippen molar-refractivity contribution in [2.45, 2.75) is 31.8 Å². The van der Waals surface area contributed by atoms with Gasteiger partial charge in [-0.15, -0.1) is 0 Å². The highest BCUT2D eigenvalue weighted by Gasteiger charge is 2.16. The van der Waals surface area contributed by atoms with Crippen LogP contribution in [0.4, 0.5) is 10.2 Å². The van der Waals surface area contributed by atoms with Gasteiger partial charge in [0, 0.05) is 12.7 Å². The second-order valence-corrected chi connectivity index (χ2v) is 4.53. The fourth-order valence-corrected chi connectivity index (χ4v) is 2.18. The number of ether oxygens (including phenoxy) is 1. The van der Waals surface area contributed by atoms with Gasteiger partial charge in [0.25, 0.3) is 0 Å². The van der Waals surface area contributed by atoms with Crippen LogP contribution in [0.1, 0.15) is 36.0 Å². The van der Waals surface area contributed by atoms with Crippen molar-refractivity contribution in [2.24, 2.45) is 0 Å². The normalized spacial score (nSPS) is 15.6. The van der Waals surface area contributed by atoms with Gasteiger partial charge in [-0.05, 0) is 18.9 Å². The topological polar surface area (TPSA) is 71.5 Å². The molecule has 1 aromatic heterocycles. The van der Waals surface area contributed by atoms with Crippen LogP contribution in [0.15, 0.2) is 12.3 Å². The quantitative estimate of drug-likeness (QED) is 0.774. The lowest BCUT2D eigenvalue weighted by Gasteiger charge is -2.12. The number of carboxylic acids is 1. The summed E-state index contributed by atoms with van der Waals surface area (Å²) >= 11 is 0. The molecule has 2 N–H and O–H groups in total. The van der Waals surface area contributed by atoms with Gasteiger partial charge in [0.05, 0.1) is 12.7 Å². The molecule has 1 aliphatic rings. The lowest BCUT2D eigenvalue weighted by molar-refractivity contribution is 0.0658. The number of hydrogen-bond acceptors (Lipinski definition) is 4. The van der Waals surface area contributed by atoms with Gasteiger partial charge in [-0.3, -0.25) is 0 Å². The summed E-state index contributed by atoms with van der Waals surface area (Å²) in [5.74, 6) is -2.18. The fraction of sp³-hybridized carbons (Fsp3) is 0.538. The predicted octanol–water partition coefficient (Wildman–Crippen LogP) is 2.29. The van der Waals surface area contributed by atoms with Crippen LogP contribution in [0, 0.1) is 5.82 Å². The molecular weight excluding hydrogens is 251 g/mol. The minimum absolute atomic E-state index is 0.0464. The molecule has 6 heteroatoms. The third kappa shape index (κ3) is 3.64. The Balaban J connectivity index is 1.82. The number of anilines is 1. The Morgan fingerprint density at radius 1 is 1.53 bits per heavy atom. The Hall–Kier alpha value is -1.69. The van der Waals surface area contributed by atoms with E-state index in [0.717, 1.165) is 18.9 Å². The van der Waals surface area contributed by atoms with E-state index in [9.17, 15) is 9.18 Å². The first kappa shape index (κ1) is 13.7. The largest absolute Gasteiger partial charge is 0.478 e. The van der Waals surface area contributed by atoms with E-state index >= 15 is 0 Å². The Morgan fingerprint density at radius 2 is 2.26 bits per heavy atom. The Bertz CT molecular complexity index is 448. The maximum Gasteiger partial charge on any atom is 0.338 e. The van der Waals surface area contributed by atoms with E-state index in [0.29, 0.717) is 19.3 Å². The Kier molecular flexibility index (Phi) is 4.68. The molecule has 0 radical (unpaired) electrons. The van der Waals surface area contributed by atoms with Crippen molar-refractivity contribution >= 4 is 11.8 Å². The lowest BCUT2D eigenvalue weighted by Crippen LogP contribution is -2.17. The summed E-state index contributed by atoms with van der Waals surface area (Å²) in [6.45, 7) is 0.868. The number of aromatic nitrogens is 1. The van der Waals surface area contributed by atoms with Crippen molar-refractivity contribution in [3.63, 3.8) is 0 Å². The van der Waals surface area contributed by atoms with Crippen LogP contribution < -0.4 is 5.32 Å². The molecular formula is C13H17FN2O3. The van der Waals surface area contributed by atoms with Crippen molar-refractivity contribution < 1.29 is 19.0 Å². The van der Waals surface area contributed by atoms with Gasteiger partial charge < -0.3 is 15.2 Å². The van der Waals surface area contributed by atoms with Crippen LogP contribution in [0.2, 0.25) is 0 Å². The highest BCUT2D eigenvalue weighted by molar-refractivity contribution is 5.88. The Morgan fingerprint density at radius 3 is 2.95 bits per heavy atom. The second kappa shape index (κ2) is 6.47. The molecule has 1 heterocycles. The van der Waals surface area contributed by atoms with Crippen LogP contribution >= 0.6 is 0 Å². The first-order chi connectivity index (χ1) is 9.18. The average molecular weight is 268 g/mol. The number of carboxylic acid groups (broad SMARTS) is 1. The minimum Gasteiger partial charge on any atom is -0.478 e. The first-order valence-electron chi connectivity index (χ1n) is 6.41. The van der Waals surface area contributed by atoms with Crippen molar-refractivity contribution in [2.75, 3.05) is 18.5 Å². The number of hydrogen-bond donors (Lipinski definition) is 2. The molecule has 0 spiro atoms. The number of nitrogens with one attached hydrogen (secondary N) is 1. The summed E-state index contributed by atoms with van der Waals surface area (Å²) in [6, 6.07) is 1.14. The molecule has 1 fully saturated rings. The fourth-order valence-electron chi connectivity index (χ4n) is 2.18. The van der Waals surface area contributed by atoms with Crippen molar-refractivity contribution in [3.05, 3.63) is 23.6 Å². The van der Waals surface area contributed by atoms with Gasteiger partial charge in [-0.25, -0.2) is 14.2 Å². The SMILES string of the molecule is O=C(O)c1ccnc(NCCOC2CCCC2)c1F. The van der Waals surface area contributed by atoms with E-state index in [1.165, 1.54) is 19.0 Å². The van der Waals surface area contributed by atoms with E-state index in [-0.39, 0.29) is 11.4 Å². The molecule has 0 unspecified atom stereocenters. The zero-order chi connectivity index (χ0) is 13.7. The van der Waals surface area contributed by atoms with Gasteiger partial charge >= 0.3 is 5.97 Å². The van der Waals surface area contributed by atoms with Crippen LogP contribution in [-0.2, 0) is 4.74 Å². The zero-order valence-corrected chi connectivity index (χ0v) is 10.6. The van der Waals surface area contributed by atoms with Gasteiger partial charge in [0.1, 0.15) is 5.56 Å². The highest BCUT2D eigenvalue weighted by Crippen LogP contribution is 2.20. The molecule has 1 aromatic rings. The smallest absolute Gasteiger partial charge is 0.338 e. The van der Waals surface area contributed by atoms with E-state index in [1.807, 2.05) is 0 Å².